The average molecular weight is 284 g/mol. The van der Waals surface area contributed by atoms with Crippen molar-refractivity contribution in [3.8, 4) is 11.5 Å². The van der Waals surface area contributed by atoms with Crippen LogP contribution in [-0.4, -0.2) is 17.8 Å². The number of aliphatic hydroxyl groups excluding tert-OH is 1. The van der Waals surface area contributed by atoms with E-state index in [-0.39, 0.29) is 6.10 Å². The molecule has 2 aromatic carbocycles. The second kappa shape index (κ2) is 6.19. The van der Waals surface area contributed by atoms with Crippen molar-refractivity contribution in [1.82, 2.24) is 0 Å². The first-order valence-corrected chi connectivity index (χ1v) is 7.41. The fraction of sp³-hybridized carbons (Fsp3) is 0.333. The lowest BCUT2D eigenvalue weighted by Crippen LogP contribution is -2.22. The second-order valence-corrected chi connectivity index (χ2v) is 5.36. The summed E-state index contributed by atoms with van der Waals surface area (Å²) in [6, 6.07) is 15.7. The van der Waals surface area contributed by atoms with Crippen molar-refractivity contribution >= 4 is 0 Å². The summed E-state index contributed by atoms with van der Waals surface area (Å²) in [7, 11) is 0. The number of hydrogen-bond acceptors (Lipinski definition) is 3. The highest BCUT2D eigenvalue weighted by atomic mass is 16.5. The molecule has 1 aliphatic rings. The van der Waals surface area contributed by atoms with Crippen molar-refractivity contribution in [2.75, 3.05) is 6.61 Å². The summed E-state index contributed by atoms with van der Waals surface area (Å²) in [6.45, 7) is 2.49. The zero-order valence-corrected chi connectivity index (χ0v) is 12.2. The molecular weight excluding hydrogens is 264 g/mol. The Labute approximate surface area is 125 Å². The highest BCUT2D eigenvalue weighted by molar-refractivity contribution is 5.37. The first-order valence-electron chi connectivity index (χ1n) is 7.41. The van der Waals surface area contributed by atoms with E-state index in [1.807, 2.05) is 49.4 Å². The predicted molar refractivity (Wildman–Crippen MR) is 81.7 cm³/mol. The molecule has 21 heavy (non-hydrogen) atoms. The summed E-state index contributed by atoms with van der Waals surface area (Å²) in [5.41, 5.74) is 2.17. The van der Waals surface area contributed by atoms with Gasteiger partial charge < -0.3 is 14.6 Å². The third-order valence-electron chi connectivity index (χ3n) is 3.80. The van der Waals surface area contributed by atoms with E-state index >= 15 is 0 Å². The Bertz CT molecular complexity index is 567. The molecular formula is C18H20O3. The van der Waals surface area contributed by atoms with Crippen molar-refractivity contribution in [2.45, 2.75) is 32.0 Å². The topological polar surface area (TPSA) is 38.7 Å². The van der Waals surface area contributed by atoms with Crippen LogP contribution in [0.4, 0.5) is 0 Å². The van der Waals surface area contributed by atoms with Crippen LogP contribution in [-0.2, 0) is 6.42 Å². The summed E-state index contributed by atoms with van der Waals surface area (Å²) in [4.78, 5) is 0. The number of rotatable bonds is 5. The van der Waals surface area contributed by atoms with Gasteiger partial charge in [0.15, 0.2) is 0 Å². The molecule has 1 aliphatic heterocycles. The smallest absolute Gasteiger partial charge is 0.137 e. The lowest BCUT2D eigenvalue weighted by molar-refractivity contribution is 0.148. The van der Waals surface area contributed by atoms with E-state index in [9.17, 15) is 5.11 Å². The molecule has 1 unspecified atom stereocenters. The van der Waals surface area contributed by atoms with Crippen LogP contribution >= 0.6 is 0 Å². The number of benzene rings is 2. The fourth-order valence-electron chi connectivity index (χ4n) is 2.56. The van der Waals surface area contributed by atoms with E-state index in [1.54, 1.807) is 0 Å². The molecule has 3 nitrogen and oxygen atoms in total. The van der Waals surface area contributed by atoms with Gasteiger partial charge in [-0.15, -0.1) is 0 Å². The Morgan fingerprint density at radius 1 is 1.19 bits per heavy atom. The summed E-state index contributed by atoms with van der Waals surface area (Å²) >= 11 is 0. The van der Waals surface area contributed by atoms with Gasteiger partial charge in [-0.2, -0.15) is 0 Å². The van der Waals surface area contributed by atoms with Gasteiger partial charge >= 0.3 is 0 Å². The highest BCUT2D eigenvalue weighted by Crippen LogP contribution is 2.28. The third-order valence-corrected chi connectivity index (χ3v) is 3.80. The van der Waals surface area contributed by atoms with E-state index < -0.39 is 6.10 Å². The Hall–Kier alpha value is -2.00. The van der Waals surface area contributed by atoms with Crippen LogP contribution in [0, 0.1) is 0 Å². The Morgan fingerprint density at radius 2 is 1.95 bits per heavy atom. The van der Waals surface area contributed by atoms with Gasteiger partial charge in [-0.1, -0.05) is 37.3 Å². The maximum absolute atomic E-state index is 9.76. The minimum atomic E-state index is -0.397. The highest BCUT2D eigenvalue weighted by Gasteiger charge is 2.22. The first-order chi connectivity index (χ1) is 10.3. The molecule has 0 amide bonds. The van der Waals surface area contributed by atoms with Gasteiger partial charge in [-0.3, -0.25) is 0 Å². The van der Waals surface area contributed by atoms with Crippen molar-refractivity contribution < 1.29 is 14.6 Å². The van der Waals surface area contributed by atoms with Crippen LogP contribution in [0.15, 0.2) is 48.5 Å². The van der Waals surface area contributed by atoms with Crippen LogP contribution in [0.3, 0.4) is 0 Å². The third kappa shape index (κ3) is 3.19. The normalized spacial score (nSPS) is 17.9. The van der Waals surface area contributed by atoms with Crippen LogP contribution in [0.2, 0.25) is 0 Å². The maximum atomic E-state index is 9.76. The molecule has 0 radical (unpaired) electrons. The van der Waals surface area contributed by atoms with Gasteiger partial charge in [0.1, 0.15) is 24.2 Å². The molecule has 2 aromatic rings. The van der Waals surface area contributed by atoms with E-state index in [4.69, 9.17) is 9.47 Å². The summed E-state index contributed by atoms with van der Waals surface area (Å²) in [6.07, 6.45) is 1.28. The Kier molecular flexibility index (Phi) is 4.11. The summed E-state index contributed by atoms with van der Waals surface area (Å²) < 4.78 is 11.6. The molecule has 0 aromatic heterocycles. The largest absolute Gasteiger partial charge is 0.490 e. The quantitative estimate of drug-likeness (QED) is 0.913. The molecule has 0 saturated heterocycles. The zero-order chi connectivity index (χ0) is 14.7. The molecule has 0 bridgehead atoms. The first kappa shape index (κ1) is 14.0. The summed E-state index contributed by atoms with van der Waals surface area (Å²) in [5, 5.41) is 9.76. The lowest BCUT2D eigenvalue weighted by Gasteiger charge is -2.13. The molecule has 0 saturated carbocycles. The van der Waals surface area contributed by atoms with Crippen molar-refractivity contribution in [2.24, 2.45) is 0 Å². The minimum Gasteiger partial charge on any atom is -0.490 e. The molecule has 0 spiro atoms. The molecule has 0 aliphatic carbocycles. The zero-order valence-electron chi connectivity index (χ0n) is 12.2. The van der Waals surface area contributed by atoms with Gasteiger partial charge in [0.05, 0.1) is 6.10 Å². The monoisotopic (exact) mass is 284 g/mol. The standard InChI is InChI=1S/C18H20O3/c1-2-17(19)13-7-9-15(10-8-13)20-12-16-11-14-5-3-4-6-18(14)21-16/h3-10,16-17,19H,2,11-12H2,1H3/t16?,17-/m1/s1. The van der Waals surface area contributed by atoms with Crippen molar-refractivity contribution in [1.29, 1.82) is 0 Å². The minimum absolute atomic E-state index is 0.0725. The molecule has 3 rings (SSSR count). The maximum Gasteiger partial charge on any atom is 0.137 e. The van der Waals surface area contributed by atoms with E-state index in [2.05, 4.69) is 6.07 Å². The van der Waals surface area contributed by atoms with Gasteiger partial charge in [-0.05, 0) is 35.7 Å². The molecule has 2 atom stereocenters. The number of ether oxygens (including phenoxy) is 2. The number of para-hydroxylation sites is 1. The van der Waals surface area contributed by atoms with Gasteiger partial charge in [0, 0.05) is 6.42 Å². The number of hydrogen-bond donors (Lipinski definition) is 1. The molecule has 0 fully saturated rings. The molecule has 1 N–H and O–H groups in total. The molecule has 1 heterocycles. The van der Waals surface area contributed by atoms with E-state index in [1.165, 1.54) is 5.56 Å². The van der Waals surface area contributed by atoms with Crippen LogP contribution < -0.4 is 9.47 Å². The summed E-state index contributed by atoms with van der Waals surface area (Å²) in [5.74, 6) is 1.77. The van der Waals surface area contributed by atoms with Crippen molar-refractivity contribution in [3.63, 3.8) is 0 Å². The average Bonchev–Trinajstić information content (AvgIpc) is 2.95. The van der Waals surface area contributed by atoms with E-state index in [0.29, 0.717) is 13.0 Å². The second-order valence-electron chi connectivity index (χ2n) is 5.36. The lowest BCUT2D eigenvalue weighted by atomic mass is 10.1. The van der Waals surface area contributed by atoms with Crippen LogP contribution in [0.1, 0.15) is 30.6 Å². The Morgan fingerprint density at radius 3 is 2.67 bits per heavy atom. The number of fused-ring (bicyclic) bond motifs is 1. The molecule has 110 valence electrons. The van der Waals surface area contributed by atoms with Crippen molar-refractivity contribution in [3.05, 3.63) is 59.7 Å². The fourth-order valence-corrected chi connectivity index (χ4v) is 2.56. The SMILES string of the molecule is CC[C@@H](O)c1ccc(OCC2Cc3ccccc3O2)cc1. The molecule has 3 heteroatoms. The van der Waals surface area contributed by atoms with Gasteiger partial charge in [0.25, 0.3) is 0 Å². The predicted octanol–water partition coefficient (Wildman–Crippen LogP) is 3.51. The van der Waals surface area contributed by atoms with Crippen LogP contribution in [0.25, 0.3) is 0 Å². The van der Waals surface area contributed by atoms with E-state index in [0.717, 1.165) is 23.5 Å². The van der Waals surface area contributed by atoms with Crippen LogP contribution in [0.5, 0.6) is 11.5 Å². The number of aliphatic hydroxyl groups is 1. The van der Waals surface area contributed by atoms with Gasteiger partial charge in [-0.25, -0.2) is 0 Å². The van der Waals surface area contributed by atoms with Gasteiger partial charge in [0.2, 0.25) is 0 Å². The Balaban J connectivity index is 1.55.